The molecule has 2 rings (SSSR count). The molecule has 6 nitrogen and oxygen atoms in total. The second kappa shape index (κ2) is 6.22. The van der Waals surface area contributed by atoms with E-state index in [-0.39, 0.29) is 23.9 Å². The number of hydrogen-bond acceptors (Lipinski definition) is 3. The first-order valence-corrected chi connectivity index (χ1v) is 7.78. The third-order valence-electron chi connectivity index (χ3n) is 4.60. The van der Waals surface area contributed by atoms with E-state index >= 15 is 0 Å². The van der Waals surface area contributed by atoms with Crippen molar-refractivity contribution < 1.29 is 14.7 Å². The summed E-state index contributed by atoms with van der Waals surface area (Å²) in [4.78, 5) is 27.7. The minimum Gasteiger partial charge on any atom is -0.481 e. The van der Waals surface area contributed by atoms with Gasteiger partial charge in [0.05, 0.1) is 6.42 Å². The van der Waals surface area contributed by atoms with Crippen LogP contribution in [0.5, 0.6) is 0 Å². The number of carboxylic acid groups (broad SMARTS) is 1. The van der Waals surface area contributed by atoms with Crippen LogP contribution in [0, 0.1) is 5.41 Å². The molecule has 2 aliphatic rings. The maximum absolute atomic E-state index is 12.4. The highest BCUT2D eigenvalue weighted by Crippen LogP contribution is 2.24. The van der Waals surface area contributed by atoms with Crippen molar-refractivity contribution in [2.24, 2.45) is 5.41 Å². The van der Waals surface area contributed by atoms with Crippen molar-refractivity contribution in [1.29, 1.82) is 0 Å². The van der Waals surface area contributed by atoms with Gasteiger partial charge in [0.1, 0.15) is 0 Å². The number of fused-ring (bicyclic) bond motifs is 1. The second-order valence-corrected chi connectivity index (χ2v) is 7.24. The third kappa shape index (κ3) is 4.09. The molecular formula is C15H27N3O3. The number of aliphatic carboxylic acids is 1. The number of urea groups is 1. The standard InChI is InChI=1S/C15H27N3O3/c1-15(2,3)12(9-13(19)20)16-14(21)18-8-7-17-6-4-5-11(17)10-18/h11-12H,4-10H2,1-3H3,(H,16,21)(H,19,20). The molecule has 2 unspecified atom stereocenters. The predicted octanol–water partition coefficient (Wildman–Crippen LogP) is 1.37. The fourth-order valence-electron chi connectivity index (χ4n) is 3.16. The zero-order chi connectivity index (χ0) is 15.6. The molecule has 2 fully saturated rings. The van der Waals surface area contributed by atoms with Gasteiger partial charge >= 0.3 is 12.0 Å². The lowest BCUT2D eigenvalue weighted by molar-refractivity contribution is -0.138. The topological polar surface area (TPSA) is 72.9 Å². The summed E-state index contributed by atoms with van der Waals surface area (Å²) in [5, 5.41) is 11.9. The summed E-state index contributed by atoms with van der Waals surface area (Å²) in [6, 6.07) is 0.00360. The largest absolute Gasteiger partial charge is 0.481 e. The van der Waals surface area contributed by atoms with Crippen molar-refractivity contribution in [3.8, 4) is 0 Å². The number of carbonyl (C=O) groups excluding carboxylic acids is 1. The predicted molar refractivity (Wildman–Crippen MR) is 80.2 cm³/mol. The second-order valence-electron chi connectivity index (χ2n) is 7.24. The lowest BCUT2D eigenvalue weighted by Gasteiger charge is -2.39. The zero-order valence-electron chi connectivity index (χ0n) is 13.3. The van der Waals surface area contributed by atoms with E-state index in [2.05, 4.69) is 10.2 Å². The maximum Gasteiger partial charge on any atom is 0.317 e. The van der Waals surface area contributed by atoms with Crippen LogP contribution in [0.25, 0.3) is 0 Å². The molecule has 0 bridgehead atoms. The van der Waals surface area contributed by atoms with Crippen molar-refractivity contribution in [3.63, 3.8) is 0 Å². The molecule has 0 radical (unpaired) electrons. The lowest BCUT2D eigenvalue weighted by Crippen LogP contribution is -2.57. The number of amides is 2. The Hall–Kier alpha value is -1.30. The minimum absolute atomic E-state index is 0.0430. The first-order chi connectivity index (χ1) is 9.77. The van der Waals surface area contributed by atoms with E-state index < -0.39 is 5.97 Å². The van der Waals surface area contributed by atoms with Crippen LogP contribution in [0.2, 0.25) is 0 Å². The first-order valence-electron chi connectivity index (χ1n) is 7.78. The molecule has 2 aliphatic heterocycles. The van der Waals surface area contributed by atoms with Crippen LogP contribution in [-0.4, -0.2) is 65.2 Å². The number of carbonyl (C=O) groups is 2. The van der Waals surface area contributed by atoms with Crippen molar-refractivity contribution in [2.45, 2.75) is 52.1 Å². The van der Waals surface area contributed by atoms with E-state index in [0.717, 1.165) is 32.6 Å². The third-order valence-corrected chi connectivity index (χ3v) is 4.60. The Morgan fingerprint density at radius 2 is 2.00 bits per heavy atom. The van der Waals surface area contributed by atoms with Crippen LogP contribution >= 0.6 is 0 Å². The molecule has 2 amide bonds. The molecule has 6 heteroatoms. The molecular weight excluding hydrogens is 270 g/mol. The lowest BCUT2D eigenvalue weighted by atomic mass is 9.85. The molecule has 0 aromatic carbocycles. The van der Waals surface area contributed by atoms with Crippen LogP contribution in [0.4, 0.5) is 4.79 Å². The summed E-state index contributed by atoms with van der Waals surface area (Å²) in [7, 11) is 0. The fourth-order valence-corrected chi connectivity index (χ4v) is 3.16. The number of nitrogens with one attached hydrogen (secondary N) is 1. The Bertz CT molecular complexity index is 405. The van der Waals surface area contributed by atoms with E-state index in [0.29, 0.717) is 6.04 Å². The molecule has 2 saturated heterocycles. The van der Waals surface area contributed by atoms with Gasteiger partial charge in [0.25, 0.3) is 0 Å². The van der Waals surface area contributed by atoms with Crippen LogP contribution < -0.4 is 5.32 Å². The van der Waals surface area contributed by atoms with Gasteiger partial charge in [-0.2, -0.15) is 0 Å². The molecule has 0 spiro atoms. The Labute approximate surface area is 126 Å². The Kier molecular flexibility index (Phi) is 4.76. The first kappa shape index (κ1) is 16.1. The van der Waals surface area contributed by atoms with Gasteiger partial charge in [-0.1, -0.05) is 20.8 Å². The molecule has 2 N–H and O–H groups in total. The van der Waals surface area contributed by atoms with Gasteiger partial charge in [0, 0.05) is 31.7 Å². The molecule has 0 aromatic rings. The Morgan fingerprint density at radius 3 is 2.62 bits per heavy atom. The summed E-state index contributed by atoms with van der Waals surface area (Å²) < 4.78 is 0. The van der Waals surface area contributed by atoms with Gasteiger partial charge in [-0.25, -0.2) is 4.79 Å². The van der Waals surface area contributed by atoms with Crippen LogP contribution in [-0.2, 0) is 4.79 Å². The zero-order valence-corrected chi connectivity index (χ0v) is 13.3. The van der Waals surface area contributed by atoms with Crippen molar-refractivity contribution in [3.05, 3.63) is 0 Å². The number of nitrogens with zero attached hydrogens (tertiary/aromatic N) is 2. The Morgan fingerprint density at radius 1 is 1.29 bits per heavy atom. The SMILES string of the molecule is CC(C)(C)C(CC(=O)O)NC(=O)N1CCN2CCCC2C1. The number of rotatable bonds is 3. The van der Waals surface area contributed by atoms with Crippen molar-refractivity contribution in [1.82, 2.24) is 15.1 Å². The number of hydrogen-bond donors (Lipinski definition) is 2. The molecule has 0 aromatic heterocycles. The van der Waals surface area contributed by atoms with Crippen molar-refractivity contribution in [2.75, 3.05) is 26.2 Å². The average molecular weight is 297 g/mol. The Balaban J connectivity index is 1.94. The van der Waals surface area contributed by atoms with Gasteiger partial charge in [0.15, 0.2) is 0 Å². The summed E-state index contributed by atoms with van der Waals surface area (Å²) in [5.41, 5.74) is -0.275. The summed E-state index contributed by atoms with van der Waals surface area (Å²) in [6.45, 7) is 9.42. The van der Waals surface area contributed by atoms with E-state index in [1.165, 1.54) is 6.42 Å². The van der Waals surface area contributed by atoms with Gasteiger partial charge in [-0.15, -0.1) is 0 Å². The van der Waals surface area contributed by atoms with Gasteiger partial charge < -0.3 is 15.3 Å². The molecule has 2 atom stereocenters. The van der Waals surface area contributed by atoms with Crippen LogP contribution in [0.3, 0.4) is 0 Å². The fraction of sp³-hybridized carbons (Fsp3) is 0.867. The summed E-state index contributed by atoms with van der Waals surface area (Å²) in [6.07, 6.45) is 2.32. The van der Waals surface area contributed by atoms with Gasteiger partial charge in [-0.3, -0.25) is 9.69 Å². The molecule has 2 heterocycles. The molecule has 0 saturated carbocycles. The summed E-state index contributed by atoms with van der Waals surface area (Å²) >= 11 is 0. The van der Waals surface area contributed by atoms with E-state index in [1.807, 2.05) is 25.7 Å². The minimum atomic E-state index is -0.879. The number of piperazine rings is 1. The van der Waals surface area contributed by atoms with E-state index in [1.54, 1.807) is 0 Å². The van der Waals surface area contributed by atoms with Gasteiger partial charge in [-0.05, 0) is 24.8 Å². The molecule has 120 valence electrons. The van der Waals surface area contributed by atoms with E-state index in [4.69, 9.17) is 5.11 Å². The molecule has 21 heavy (non-hydrogen) atoms. The highest BCUT2D eigenvalue weighted by molar-refractivity contribution is 5.76. The van der Waals surface area contributed by atoms with Gasteiger partial charge in [0.2, 0.25) is 0 Å². The average Bonchev–Trinajstić information content (AvgIpc) is 2.83. The van der Waals surface area contributed by atoms with Crippen LogP contribution in [0.15, 0.2) is 0 Å². The van der Waals surface area contributed by atoms with E-state index in [9.17, 15) is 9.59 Å². The monoisotopic (exact) mass is 297 g/mol. The maximum atomic E-state index is 12.4. The highest BCUT2D eigenvalue weighted by Gasteiger charge is 2.35. The van der Waals surface area contributed by atoms with Crippen molar-refractivity contribution >= 4 is 12.0 Å². The normalized spacial score (nSPS) is 24.5. The smallest absolute Gasteiger partial charge is 0.317 e. The van der Waals surface area contributed by atoms with Crippen LogP contribution in [0.1, 0.15) is 40.0 Å². The number of carboxylic acids is 1. The highest BCUT2D eigenvalue weighted by atomic mass is 16.4. The quantitative estimate of drug-likeness (QED) is 0.825. The molecule has 0 aliphatic carbocycles. The summed E-state index contributed by atoms with van der Waals surface area (Å²) in [5.74, 6) is -0.879.